The third-order valence-corrected chi connectivity index (χ3v) is 1.93. The van der Waals surface area contributed by atoms with Crippen LogP contribution in [0.3, 0.4) is 0 Å². The molecule has 1 atom stereocenters. The van der Waals surface area contributed by atoms with Crippen LogP contribution in [0.15, 0.2) is 0 Å². The Labute approximate surface area is 97.5 Å². The lowest BCUT2D eigenvalue weighted by atomic mass is 10.1. The molecule has 0 aromatic carbocycles. The summed E-state index contributed by atoms with van der Waals surface area (Å²) in [5, 5.41) is 6.12. The van der Waals surface area contributed by atoms with Crippen molar-refractivity contribution in [1.82, 2.24) is 10.6 Å². The minimum atomic E-state index is -0.154. The lowest BCUT2D eigenvalue weighted by Gasteiger charge is -2.26. The summed E-state index contributed by atoms with van der Waals surface area (Å²) >= 11 is 0. The van der Waals surface area contributed by atoms with Crippen LogP contribution in [0.2, 0.25) is 0 Å². The van der Waals surface area contributed by atoms with Crippen LogP contribution in [0.1, 0.15) is 27.2 Å². The molecule has 0 saturated carbocycles. The summed E-state index contributed by atoms with van der Waals surface area (Å²) in [5.41, 5.74) is -0.154. The van der Waals surface area contributed by atoms with Crippen molar-refractivity contribution in [3.05, 3.63) is 0 Å². The lowest BCUT2D eigenvalue weighted by molar-refractivity contribution is -0.125. The van der Waals surface area contributed by atoms with Crippen molar-refractivity contribution in [3.63, 3.8) is 0 Å². The van der Waals surface area contributed by atoms with E-state index in [1.807, 2.05) is 20.8 Å². The highest BCUT2D eigenvalue weighted by atomic mass is 35.5. The minimum Gasteiger partial charge on any atom is -0.375 e. The number of amides is 1. The summed E-state index contributed by atoms with van der Waals surface area (Å²) < 4.78 is 5.44. The Kier molecular flexibility index (Phi) is 6.17. The topological polar surface area (TPSA) is 50.4 Å². The first-order valence-electron chi connectivity index (χ1n) is 5.11. The maximum atomic E-state index is 11.5. The third kappa shape index (κ3) is 6.71. The summed E-state index contributed by atoms with van der Waals surface area (Å²) in [6.07, 6.45) is 0.482. The van der Waals surface area contributed by atoms with Gasteiger partial charge in [0.15, 0.2) is 0 Å². The Bertz CT molecular complexity index is 198. The minimum absolute atomic E-state index is 0. The van der Waals surface area contributed by atoms with Gasteiger partial charge in [0.25, 0.3) is 0 Å². The van der Waals surface area contributed by atoms with E-state index in [9.17, 15) is 4.79 Å². The van der Waals surface area contributed by atoms with Crippen molar-refractivity contribution in [2.75, 3.05) is 19.7 Å². The van der Waals surface area contributed by atoms with Crippen LogP contribution in [0, 0.1) is 0 Å². The Balaban J connectivity index is 0.00000196. The molecule has 0 aromatic heterocycles. The summed E-state index contributed by atoms with van der Waals surface area (Å²) in [6, 6.07) is 0. The molecule has 1 rings (SSSR count). The smallest absolute Gasteiger partial charge is 0.223 e. The van der Waals surface area contributed by atoms with Gasteiger partial charge in [0.1, 0.15) is 0 Å². The molecule has 0 bridgehead atoms. The van der Waals surface area contributed by atoms with Gasteiger partial charge in [0.05, 0.1) is 19.1 Å². The second-order valence-electron chi connectivity index (χ2n) is 4.70. The van der Waals surface area contributed by atoms with E-state index in [4.69, 9.17) is 4.74 Å². The first-order chi connectivity index (χ1) is 6.47. The molecule has 1 fully saturated rings. The van der Waals surface area contributed by atoms with Crippen molar-refractivity contribution in [1.29, 1.82) is 0 Å². The zero-order valence-corrected chi connectivity index (χ0v) is 10.4. The van der Waals surface area contributed by atoms with E-state index >= 15 is 0 Å². The molecule has 1 heterocycles. The third-order valence-electron chi connectivity index (χ3n) is 1.93. The summed E-state index contributed by atoms with van der Waals surface area (Å²) in [6.45, 7) is 8.29. The van der Waals surface area contributed by atoms with Gasteiger partial charge in [-0.05, 0) is 20.8 Å². The van der Waals surface area contributed by atoms with E-state index in [2.05, 4.69) is 10.6 Å². The fraction of sp³-hybridized carbons (Fsp3) is 0.900. The lowest BCUT2D eigenvalue weighted by Crippen LogP contribution is -2.45. The van der Waals surface area contributed by atoms with Crippen molar-refractivity contribution < 1.29 is 9.53 Å². The van der Waals surface area contributed by atoms with Gasteiger partial charge in [-0.2, -0.15) is 0 Å². The zero-order valence-electron chi connectivity index (χ0n) is 9.63. The zero-order chi connectivity index (χ0) is 10.6. The largest absolute Gasteiger partial charge is 0.375 e. The van der Waals surface area contributed by atoms with Gasteiger partial charge in [-0.15, -0.1) is 12.4 Å². The normalized spacial score (nSPS) is 21.7. The predicted octanol–water partition coefficient (Wildman–Crippen LogP) is 0.701. The van der Waals surface area contributed by atoms with Gasteiger partial charge >= 0.3 is 0 Å². The SMILES string of the molecule is CC(C)(C)NC(=O)CC1CNCCO1.Cl. The van der Waals surface area contributed by atoms with Crippen LogP contribution in [0.5, 0.6) is 0 Å². The summed E-state index contributed by atoms with van der Waals surface area (Å²) in [4.78, 5) is 11.5. The molecule has 0 aliphatic carbocycles. The van der Waals surface area contributed by atoms with Crippen molar-refractivity contribution >= 4 is 18.3 Å². The molecule has 90 valence electrons. The maximum absolute atomic E-state index is 11.5. The van der Waals surface area contributed by atoms with Gasteiger partial charge in [-0.3, -0.25) is 4.79 Å². The molecule has 0 radical (unpaired) electrons. The molecule has 0 spiro atoms. The molecule has 1 saturated heterocycles. The monoisotopic (exact) mass is 236 g/mol. The molecule has 1 unspecified atom stereocenters. The Hall–Kier alpha value is -0.320. The Morgan fingerprint density at radius 3 is 2.67 bits per heavy atom. The average Bonchev–Trinajstić information content (AvgIpc) is 2.02. The van der Waals surface area contributed by atoms with E-state index in [0.29, 0.717) is 13.0 Å². The predicted molar refractivity (Wildman–Crippen MR) is 62.4 cm³/mol. The fourth-order valence-corrected chi connectivity index (χ4v) is 1.43. The molecule has 4 nitrogen and oxygen atoms in total. The molecular weight excluding hydrogens is 216 g/mol. The highest BCUT2D eigenvalue weighted by Gasteiger charge is 2.20. The van der Waals surface area contributed by atoms with E-state index in [0.717, 1.165) is 13.1 Å². The maximum Gasteiger partial charge on any atom is 0.223 e. The van der Waals surface area contributed by atoms with Crippen LogP contribution in [0.4, 0.5) is 0 Å². The number of hydrogen-bond acceptors (Lipinski definition) is 3. The molecule has 2 N–H and O–H groups in total. The van der Waals surface area contributed by atoms with Crippen molar-refractivity contribution in [2.45, 2.75) is 38.8 Å². The van der Waals surface area contributed by atoms with E-state index in [-0.39, 0.29) is 30.0 Å². The van der Waals surface area contributed by atoms with E-state index < -0.39 is 0 Å². The number of nitrogens with one attached hydrogen (secondary N) is 2. The number of ether oxygens (including phenoxy) is 1. The van der Waals surface area contributed by atoms with Crippen LogP contribution in [-0.2, 0) is 9.53 Å². The Morgan fingerprint density at radius 2 is 2.20 bits per heavy atom. The van der Waals surface area contributed by atoms with Gasteiger partial charge in [0.2, 0.25) is 5.91 Å². The molecule has 0 aromatic rings. The van der Waals surface area contributed by atoms with Gasteiger partial charge in [-0.25, -0.2) is 0 Å². The molecule has 1 amide bonds. The van der Waals surface area contributed by atoms with Gasteiger partial charge < -0.3 is 15.4 Å². The summed E-state index contributed by atoms with van der Waals surface area (Å²) in [7, 11) is 0. The highest BCUT2D eigenvalue weighted by Crippen LogP contribution is 2.04. The van der Waals surface area contributed by atoms with Crippen LogP contribution in [-0.4, -0.2) is 37.2 Å². The fourth-order valence-electron chi connectivity index (χ4n) is 1.43. The molecule has 1 aliphatic rings. The number of hydrogen-bond donors (Lipinski definition) is 2. The quantitative estimate of drug-likeness (QED) is 0.742. The molecule has 15 heavy (non-hydrogen) atoms. The van der Waals surface area contributed by atoms with E-state index in [1.165, 1.54) is 0 Å². The molecule has 1 aliphatic heterocycles. The van der Waals surface area contributed by atoms with Gasteiger partial charge in [0, 0.05) is 18.6 Å². The van der Waals surface area contributed by atoms with Gasteiger partial charge in [-0.1, -0.05) is 0 Å². The average molecular weight is 237 g/mol. The highest BCUT2D eigenvalue weighted by molar-refractivity contribution is 5.85. The first kappa shape index (κ1) is 14.7. The number of morpholine rings is 1. The second-order valence-corrected chi connectivity index (χ2v) is 4.70. The van der Waals surface area contributed by atoms with Crippen LogP contribution in [0.25, 0.3) is 0 Å². The number of carbonyl (C=O) groups is 1. The standard InChI is InChI=1S/C10H20N2O2.ClH/c1-10(2,3)12-9(13)6-8-7-11-4-5-14-8;/h8,11H,4-7H2,1-3H3,(H,12,13);1H. The number of rotatable bonds is 2. The number of carbonyl (C=O) groups excluding carboxylic acids is 1. The van der Waals surface area contributed by atoms with Crippen LogP contribution >= 0.6 is 12.4 Å². The Morgan fingerprint density at radius 1 is 1.53 bits per heavy atom. The van der Waals surface area contributed by atoms with Crippen molar-refractivity contribution in [3.8, 4) is 0 Å². The first-order valence-corrected chi connectivity index (χ1v) is 5.11. The molecular formula is C10H21ClN2O2. The van der Waals surface area contributed by atoms with Crippen molar-refractivity contribution in [2.24, 2.45) is 0 Å². The second kappa shape index (κ2) is 6.30. The van der Waals surface area contributed by atoms with Crippen LogP contribution < -0.4 is 10.6 Å². The molecule has 5 heteroatoms. The summed E-state index contributed by atoms with van der Waals surface area (Å²) in [5.74, 6) is 0.0613. The van der Waals surface area contributed by atoms with E-state index in [1.54, 1.807) is 0 Å². The number of halogens is 1.